The third-order valence-electron chi connectivity index (χ3n) is 3.38. The van der Waals surface area contributed by atoms with Gasteiger partial charge in [-0.1, -0.05) is 37.3 Å². The second kappa shape index (κ2) is 5.41. The van der Waals surface area contributed by atoms with E-state index < -0.39 is 0 Å². The number of ether oxygens (including phenoxy) is 1. The van der Waals surface area contributed by atoms with Crippen molar-refractivity contribution in [2.45, 2.75) is 26.4 Å². The van der Waals surface area contributed by atoms with E-state index in [-0.39, 0.29) is 11.8 Å². The van der Waals surface area contributed by atoms with E-state index in [1.54, 1.807) is 0 Å². The van der Waals surface area contributed by atoms with E-state index in [9.17, 15) is 4.39 Å². The Balaban J connectivity index is 1.81. The summed E-state index contributed by atoms with van der Waals surface area (Å²) in [5.41, 5.74) is 1.48. The Labute approximate surface area is 116 Å². The van der Waals surface area contributed by atoms with Gasteiger partial charge < -0.3 is 4.74 Å². The number of nitrogens with zero attached hydrogens (tertiary/aromatic N) is 2. The van der Waals surface area contributed by atoms with Gasteiger partial charge in [-0.2, -0.15) is 4.98 Å². The fourth-order valence-electron chi connectivity index (χ4n) is 2.33. The van der Waals surface area contributed by atoms with Gasteiger partial charge in [0, 0.05) is 0 Å². The van der Waals surface area contributed by atoms with Crippen molar-refractivity contribution in [3.05, 3.63) is 51.9 Å². The normalized spacial score (nSPS) is 12.5. The minimum atomic E-state index is -0.386. The van der Waals surface area contributed by atoms with Crippen LogP contribution in [0.15, 0.2) is 24.4 Å². The van der Waals surface area contributed by atoms with Crippen molar-refractivity contribution in [3.63, 3.8) is 0 Å². The van der Waals surface area contributed by atoms with Gasteiger partial charge in [-0.25, -0.2) is 9.37 Å². The summed E-state index contributed by atoms with van der Waals surface area (Å²) in [5, 5.41) is 2.45. The van der Waals surface area contributed by atoms with Crippen LogP contribution in [0.5, 0.6) is 6.01 Å². The van der Waals surface area contributed by atoms with Crippen LogP contribution in [-0.2, 0) is 13.0 Å². The maximum Gasteiger partial charge on any atom is 0.317 e. The second-order valence-electron chi connectivity index (χ2n) is 4.65. The molecule has 1 aromatic carbocycles. The average Bonchev–Trinajstić information content (AvgIpc) is 2.95. The number of hydrogen-bond donors (Lipinski definition) is 0. The van der Waals surface area contributed by atoms with Crippen LogP contribution >= 0.6 is 0 Å². The maximum atomic E-state index is 13.3. The maximum absolute atomic E-state index is 13.3. The molecule has 0 amide bonds. The highest BCUT2D eigenvalue weighted by atomic mass is 19.1. The fraction of sp³-hybridized carbons (Fsp3) is 0.250. The van der Waals surface area contributed by atoms with E-state index in [1.165, 1.54) is 10.4 Å². The van der Waals surface area contributed by atoms with E-state index in [2.05, 4.69) is 28.2 Å². The van der Waals surface area contributed by atoms with E-state index in [0.29, 0.717) is 18.7 Å². The summed E-state index contributed by atoms with van der Waals surface area (Å²) in [4.78, 5) is 7.94. The molecule has 1 aliphatic carbocycles. The molecule has 3 nitrogen and oxygen atoms in total. The molecule has 3 rings (SSSR count). The van der Waals surface area contributed by atoms with Crippen LogP contribution in [0.1, 0.15) is 24.6 Å². The van der Waals surface area contributed by atoms with E-state index >= 15 is 0 Å². The minimum absolute atomic E-state index is 0.225. The second-order valence-corrected chi connectivity index (χ2v) is 4.65. The summed E-state index contributed by atoms with van der Waals surface area (Å²) in [7, 11) is 0. The molecule has 0 saturated carbocycles. The topological polar surface area (TPSA) is 35.0 Å². The molecular formula is C16H15FN2O. The fourth-order valence-corrected chi connectivity index (χ4v) is 2.33. The van der Waals surface area contributed by atoms with Crippen LogP contribution in [0.4, 0.5) is 4.39 Å². The van der Waals surface area contributed by atoms with Gasteiger partial charge >= 0.3 is 6.01 Å². The van der Waals surface area contributed by atoms with Crippen LogP contribution in [0.3, 0.4) is 0 Å². The summed E-state index contributed by atoms with van der Waals surface area (Å²) in [5.74, 6) is -0.386. The summed E-state index contributed by atoms with van der Waals surface area (Å²) < 4.78 is 18.9. The molecule has 0 atom stereocenters. The lowest BCUT2D eigenvalue weighted by Crippen LogP contribution is -2.26. The van der Waals surface area contributed by atoms with Crippen LogP contribution in [0.2, 0.25) is 0 Å². The third kappa shape index (κ3) is 2.41. The van der Waals surface area contributed by atoms with Crippen molar-refractivity contribution < 1.29 is 9.13 Å². The Morgan fingerprint density at radius 2 is 2.20 bits per heavy atom. The summed E-state index contributed by atoms with van der Waals surface area (Å²) in [6.45, 7) is 2.24. The molecule has 2 aromatic rings. The van der Waals surface area contributed by atoms with E-state index in [4.69, 9.17) is 4.74 Å². The molecule has 0 unspecified atom stereocenters. The van der Waals surface area contributed by atoms with Gasteiger partial charge in [-0.05, 0) is 28.8 Å². The number of aryl methyl sites for hydroxylation is 1. The van der Waals surface area contributed by atoms with Crippen molar-refractivity contribution >= 4 is 12.2 Å². The quantitative estimate of drug-likeness (QED) is 0.848. The molecule has 1 aromatic heterocycles. The van der Waals surface area contributed by atoms with Gasteiger partial charge in [0.15, 0.2) is 5.82 Å². The van der Waals surface area contributed by atoms with Crippen LogP contribution < -0.4 is 15.2 Å². The first-order chi connectivity index (χ1) is 9.78. The Hall–Kier alpha value is -2.23. The van der Waals surface area contributed by atoms with Crippen molar-refractivity contribution in [1.29, 1.82) is 0 Å². The van der Waals surface area contributed by atoms with Crippen molar-refractivity contribution in [3.8, 4) is 6.01 Å². The summed E-state index contributed by atoms with van der Waals surface area (Å²) >= 11 is 0. The van der Waals surface area contributed by atoms with Crippen LogP contribution in [0, 0.1) is 5.82 Å². The monoisotopic (exact) mass is 270 g/mol. The molecule has 0 aliphatic heterocycles. The first-order valence-electron chi connectivity index (χ1n) is 6.70. The number of aromatic nitrogens is 2. The zero-order valence-electron chi connectivity index (χ0n) is 11.3. The van der Waals surface area contributed by atoms with Crippen molar-refractivity contribution in [2.75, 3.05) is 0 Å². The number of rotatable bonds is 4. The predicted octanol–water partition coefficient (Wildman–Crippen LogP) is 1.72. The van der Waals surface area contributed by atoms with Crippen LogP contribution in [-0.4, -0.2) is 9.97 Å². The van der Waals surface area contributed by atoms with Gasteiger partial charge in [0.1, 0.15) is 6.61 Å². The van der Waals surface area contributed by atoms with Gasteiger partial charge in [0.25, 0.3) is 0 Å². The molecule has 4 heteroatoms. The molecule has 0 saturated heterocycles. The molecule has 102 valence electrons. The largest absolute Gasteiger partial charge is 0.459 e. The van der Waals surface area contributed by atoms with Gasteiger partial charge in [-0.15, -0.1) is 0 Å². The van der Waals surface area contributed by atoms with Crippen molar-refractivity contribution in [1.82, 2.24) is 9.97 Å². The lowest BCUT2D eigenvalue weighted by atomic mass is 10.1. The van der Waals surface area contributed by atoms with E-state index in [0.717, 1.165) is 18.2 Å². The number of fused-ring (bicyclic) bond motifs is 1. The molecule has 0 N–H and O–H groups in total. The molecule has 1 aliphatic rings. The number of halogens is 1. The first kappa shape index (κ1) is 12.8. The van der Waals surface area contributed by atoms with E-state index in [1.807, 2.05) is 19.1 Å². The molecule has 0 spiro atoms. The molecular weight excluding hydrogens is 255 g/mol. The molecule has 0 radical (unpaired) electrons. The number of hydrogen-bond acceptors (Lipinski definition) is 3. The van der Waals surface area contributed by atoms with Crippen LogP contribution in [0.25, 0.3) is 12.2 Å². The molecule has 1 heterocycles. The van der Waals surface area contributed by atoms with Gasteiger partial charge in [0.2, 0.25) is 0 Å². The zero-order chi connectivity index (χ0) is 13.9. The molecule has 0 bridgehead atoms. The minimum Gasteiger partial charge on any atom is -0.459 e. The summed E-state index contributed by atoms with van der Waals surface area (Å²) in [6, 6.07) is 6.35. The molecule has 20 heavy (non-hydrogen) atoms. The third-order valence-corrected chi connectivity index (χ3v) is 3.38. The molecule has 0 fully saturated rings. The lowest BCUT2D eigenvalue weighted by molar-refractivity contribution is 0.277. The highest BCUT2D eigenvalue weighted by molar-refractivity contribution is 5.48. The lowest BCUT2D eigenvalue weighted by Gasteiger charge is -2.06. The highest BCUT2D eigenvalue weighted by Gasteiger charge is 2.07. The Morgan fingerprint density at radius 1 is 1.30 bits per heavy atom. The smallest absolute Gasteiger partial charge is 0.317 e. The van der Waals surface area contributed by atoms with Gasteiger partial charge in [0.05, 0.1) is 11.9 Å². The standard InChI is InChI=1S/C16H15FN2O/c1-2-15-14(17)9-18-16(19-15)20-10-12-7-3-5-11-6-4-8-13(11)12/h3,5-9H,2,4,10H2,1H3. The van der Waals surface area contributed by atoms with Crippen molar-refractivity contribution in [2.24, 2.45) is 0 Å². The number of benzene rings is 1. The highest BCUT2D eigenvalue weighted by Crippen LogP contribution is 2.10. The Bertz CT molecular complexity index is 756. The SMILES string of the molecule is CCc1nc(OCc2cccc3c2=CCC=3)ncc1F. The Kier molecular flexibility index (Phi) is 3.46. The zero-order valence-corrected chi connectivity index (χ0v) is 11.3. The summed E-state index contributed by atoms with van der Waals surface area (Å²) in [6.07, 6.45) is 7.00. The Morgan fingerprint density at radius 3 is 3.05 bits per heavy atom. The average molecular weight is 270 g/mol. The predicted molar refractivity (Wildman–Crippen MR) is 74.9 cm³/mol. The first-order valence-corrected chi connectivity index (χ1v) is 6.70. The van der Waals surface area contributed by atoms with Gasteiger partial charge in [-0.3, -0.25) is 0 Å².